The van der Waals surface area contributed by atoms with E-state index in [9.17, 15) is 22.4 Å². The molecule has 0 fully saturated rings. The van der Waals surface area contributed by atoms with Gasteiger partial charge in [-0.1, -0.05) is 49.7 Å². The van der Waals surface area contributed by atoms with E-state index < -0.39 is 40.2 Å². The van der Waals surface area contributed by atoms with Crippen LogP contribution in [0.5, 0.6) is 5.75 Å². The maximum Gasteiger partial charge on any atom is 0.264 e. The number of rotatable bonds is 12. The summed E-state index contributed by atoms with van der Waals surface area (Å²) in [5.41, 5.74) is 1.39. The van der Waals surface area contributed by atoms with E-state index in [1.54, 1.807) is 37.3 Å². The second-order valence-corrected chi connectivity index (χ2v) is 11.8. The number of nitrogens with one attached hydrogen (secondary N) is 1. The molecule has 0 unspecified atom stereocenters. The molecular weight excluding hydrogens is 533 g/mol. The Hall–Kier alpha value is -3.92. The number of anilines is 1. The lowest BCUT2D eigenvalue weighted by Crippen LogP contribution is -2.51. The molecule has 2 amide bonds. The van der Waals surface area contributed by atoms with Crippen LogP contribution in [0.1, 0.15) is 31.9 Å². The van der Waals surface area contributed by atoms with Gasteiger partial charge in [-0.25, -0.2) is 12.8 Å². The number of amides is 2. The molecule has 0 radical (unpaired) electrons. The molecular formula is C30H36FN3O5S. The molecule has 8 nitrogen and oxygen atoms in total. The number of carbonyl (C=O) groups is 2. The van der Waals surface area contributed by atoms with Gasteiger partial charge in [0.05, 0.1) is 17.7 Å². The number of hydrogen-bond donors (Lipinski definition) is 1. The summed E-state index contributed by atoms with van der Waals surface area (Å²) in [7, 11) is -2.74. The van der Waals surface area contributed by atoms with Gasteiger partial charge in [0.2, 0.25) is 11.8 Å². The van der Waals surface area contributed by atoms with Crippen molar-refractivity contribution in [1.29, 1.82) is 0 Å². The van der Waals surface area contributed by atoms with E-state index in [1.165, 1.54) is 54.5 Å². The summed E-state index contributed by atoms with van der Waals surface area (Å²) in [5.74, 6) is -0.949. The van der Waals surface area contributed by atoms with E-state index in [0.29, 0.717) is 12.3 Å². The van der Waals surface area contributed by atoms with Crippen LogP contribution in [0, 0.1) is 18.7 Å². The summed E-state index contributed by atoms with van der Waals surface area (Å²) >= 11 is 0. The van der Waals surface area contributed by atoms with Crippen LogP contribution in [0.15, 0.2) is 77.7 Å². The number of hydrogen-bond acceptors (Lipinski definition) is 5. The highest BCUT2D eigenvalue weighted by atomic mass is 32.2. The van der Waals surface area contributed by atoms with Crippen LogP contribution in [-0.2, 0) is 26.2 Å². The van der Waals surface area contributed by atoms with Crippen molar-refractivity contribution in [3.05, 3.63) is 89.7 Å². The number of methoxy groups -OCH3 is 1. The Balaban J connectivity index is 2.02. The molecule has 3 aromatic rings. The number of halogens is 1. The summed E-state index contributed by atoms with van der Waals surface area (Å²) in [6.07, 6.45) is 0. The van der Waals surface area contributed by atoms with Gasteiger partial charge in [-0.2, -0.15) is 0 Å². The zero-order valence-corrected chi connectivity index (χ0v) is 24.2. The number of carbonyl (C=O) groups excluding carboxylic acids is 2. The smallest absolute Gasteiger partial charge is 0.264 e. The van der Waals surface area contributed by atoms with Crippen LogP contribution in [0.25, 0.3) is 0 Å². The minimum Gasteiger partial charge on any atom is -0.497 e. The second-order valence-electron chi connectivity index (χ2n) is 9.95. The van der Waals surface area contributed by atoms with E-state index in [-0.39, 0.29) is 28.6 Å². The second kappa shape index (κ2) is 13.4. The number of sulfonamides is 1. The highest BCUT2D eigenvalue weighted by Crippen LogP contribution is 2.26. The van der Waals surface area contributed by atoms with Crippen LogP contribution in [0.2, 0.25) is 0 Å². The molecule has 0 heterocycles. The lowest BCUT2D eigenvalue weighted by atomic mass is 10.1. The minimum absolute atomic E-state index is 0.0370. The molecule has 0 bridgehead atoms. The van der Waals surface area contributed by atoms with Crippen LogP contribution >= 0.6 is 0 Å². The molecule has 0 aliphatic carbocycles. The standard InChI is InChI=1S/C30H36FN3O5S/c1-21(2)18-32-30(36)23(4)33(19-24-8-6-7-9-28(24)31)29(35)20-34(25-12-10-22(3)11-13-25)40(37,38)27-16-14-26(39-5)15-17-27/h6-17,21,23H,18-20H2,1-5H3,(H,32,36)/t23-/m0/s1. The van der Waals surface area contributed by atoms with Gasteiger partial charge < -0.3 is 15.0 Å². The van der Waals surface area contributed by atoms with Crippen LogP contribution in [0.4, 0.5) is 10.1 Å². The first-order chi connectivity index (χ1) is 18.9. The SMILES string of the molecule is COc1ccc(S(=O)(=O)N(CC(=O)N(Cc2ccccc2F)[C@@H](C)C(=O)NCC(C)C)c2ccc(C)cc2)cc1. The van der Waals surface area contributed by atoms with Crippen molar-refractivity contribution in [2.75, 3.05) is 24.5 Å². The van der Waals surface area contributed by atoms with E-state index in [2.05, 4.69) is 5.32 Å². The largest absolute Gasteiger partial charge is 0.497 e. The summed E-state index contributed by atoms with van der Waals surface area (Å²) in [4.78, 5) is 28.0. The fourth-order valence-corrected chi connectivity index (χ4v) is 5.37. The molecule has 40 heavy (non-hydrogen) atoms. The molecule has 1 atom stereocenters. The van der Waals surface area contributed by atoms with Crippen molar-refractivity contribution < 1.29 is 27.1 Å². The average molecular weight is 570 g/mol. The van der Waals surface area contributed by atoms with Crippen LogP contribution in [0.3, 0.4) is 0 Å². The van der Waals surface area contributed by atoms with E-state index in [0.717, 1.165) is 9.87 Å². The Labute approximate surface area is 235 Å². The fourth-order valence-electron chi connectivity index (χ4n) is 3.96. The predicted octanol–water partition coefficient (Wildman–Crippen LogP) is 4.53. The van der Waals surface area contributed by atoms with Crippen LogP contribution < -0.4 is 14.4 Å². The monoisotopic (exact) mass is 569 g/mol. The molecule has 0 aliphatic rings. The van der Waals surface area contributed by atoms with Gasteiger partial charge >= 0.3 is 0 Å². The Morgan fingerprint density at radius 3 is 2.15 bits per heavy atom. The van der Waals surface area contributed by atoms with Gasteiger partial charge in [0, 0.05) is 18.7 Å². The molecule has 1 N–H and O–H groups in total. The molecule has 3 rings (SSSR count). The van der Waals surface area contributed by atoms with E-state index in [4.69, 9.17) is 4.74 Å². The maximum atomic E-state index is 14.6. The topological polar surface area (TPSA) is 96.0 Å². The van der Waals surface area contributed by atoms with Gasteiger partial charge in [0.15, 0.2) is 0 Å². The minimum atomic E-state index is -4.21. The third-order valence-corrected chi connectivity index (χ3v) is 8.19. The summed E-state index contributed by atoms with van der Waals surface area (Å²) < 4.78 is 48.5. The first-order valence-electron chi connectivity index (χ1n) is 13.0. The van der Waals surface area contributed by atoms with Gasteiger partial charge in [-0.15, -0.1) is 0 Å². The van der Waals surface area contributed by atoms with Gasteiger partial charge in [0.1, 0.15) is 24.2 Å². The molecule has 214 valence electrons. The molecule has 0 aliphatic heterocycles. The van der Waals surface area contributed by atoms with Crippen molar-refractivity contribution in [3.8, 4) is 5.75 Å². The van der Waals surface area contributed by atoms with Crippen molar-refractivity contribution in [1.82, 2.24) is 10.2 Å². The van der Waals surface area contributed by atoms with E-state index >= 15 is 0 Å². The third kappa shape index (κ3) is 7.59. The highest BCUT2D eigenvalue weighted by Gasteiger charge is 2.33. The lowest BCUT2D eigenvalue weighted by Gasteiger charge is -2.32. The maximum absolute atomic E-state index is 14.6. The molecule has 10 heteroatoms. The van der Waals surface area contributed by atoms with E-state index in [1.807, 2.05) is 20.8 Å². The summed E-state index contributed by atoms with van der Waals surface area (Å²) in [6.45, 7) is 6.87. The zero-order chi connectivity index (χ0) is 29.4. The quantitative estimate of drug-likeness (QED) is 0.346. The normalized spacial score (nSPS) is 12.1. The van der Waals surface area contributed by atoms with Gasteiger partial charge in [0.25, 0.3) is 10.0 Å². The Bertz CT molecular complexity index is 1410. The van der Waals surface area contributed by atoms with Gasteiger partial charge in [-0.05, 0) is 62.2 Å². The summed E-state index contributed by atoms with van der Waals surface area (Å²) in [5, 5.41) is 2.81. The highest BCUT2D eigenvalue weighted by molar-refractivity contribution is 7.92. The van der Waals surface area contributed by atoms with Crippen molar-refractivity contribution in [3.63, 3.8) is 0 Å². The number of benzene rings is 3. The van der Waals surface area contributed by atoms with Crippen molar-refractivity contribution >= 4 is 27.5 Å². The van der Waals surface area contributed by atoms with Crippen molar-refractivity contribution in [2.45, 2.75) is 45.2 Å². The zero-order valence-electron chi connectivity index (χ0n) is 23.4. The summed E-state index contributed by atoms with van der Waals surface area (Å²) in [6, 6.07) is 17.5. The molecule has 3 aromatic carbocycles. The average Bonchev–Trinajstić information content (AvgIpc) is 2.94. The molecule has 0 spiro atoms. The molecule has 0 aromatic heterocycles. The predicted molar refractivity (Wildman–Crippen MR) is 153 cm³/mol. The first kappa shape index (κ1) is 30.6. The first-order valence-corrected chi connectivity index (χ1v) is 14.4. The lowest BCUT2D eigenvalue weighted by molar-refractivity contribution is -0.139. The molecule has 0 saturated carbocycles. The van der Waals surface area contributed by atoms with Crippen LogP contribution in [-0.4, -0.2) is 51.4 Å². The number of ether oxygens (including phenoxy) is 1. The third-order valence-electron chi connectivity index (χ3n) is 6.40. The molecule has 0 saturated heterocycles. The Morgan fingerprint density at radius 2 is 1.57 bits per heavy atom. The Morgan fingerprint density at radius 1 is 0.950 bits per heavy atom. The van der Waals surface area contributed by atoms with Gasteiger partial charge in [-0.3, -0.25) is 13.9 Å². The Kier molecular flexibility index (Phi) is 10.3. The number of aryl methyl sites for hydroxylation is 1. The fraction of sp³-hybridized carbons (Fsp3) is 0.333. The van der Waals surface area contributed by atoms with Crippen molar-refractivity contribution in [2.24, 2.45) is 5.92 Å². The number of nitrogens with zero attached hydrogens (tertiary/aromatic N) is 2.